The van der Waals surface area contributed by atoms with E-state index in [1.165, 1.54) is 18.9 Å². The SMILES string of the molecule is COC(=O)C(Sc1ccc(Cl)cc1)c1ccc(I)cc1. The molecule has 20 heavy (non-hydrogen) atoms. The first-order valence-corrected chi connectivity index (χ1v) is 8.19. The average molecular weight is 419 g/mol. The normalized spacial score (nSPS) is 11.9. The molecule has 0 radical (unpaired) electrons. The van der Waals surface area contributed by atoms with Gasteiger partial charge < -0.3 is 4.74 Å². The van der Waals surface area contributed by atoms with Gasteiger partial charge in [-0.05, 0) is 64.6 Å². The molecule has 0 saturated carbocycles. The molecule has 0 aromatic heterocycles. The number of rotatable bonds is 4. The number of hydrogen-bond acceptors (Lipinski definition) is 3. The smallest absolute Gasteiger partial charge is 0.323 e. The van der Waals surface area contributed by atoms with E-state index in [1.54, 1.807) is 0 Å². The predicted octanol–water partition coefficient (Wildman–Crippen LogP) is 4.95. The van der Waals surface area contributed by atoms with Crippen LogP contribution in [0.15, 0.2) is 53.4 Å². The van der Waals surface area contributed by atoms with Crippen molar-refractivity contribution in [1.82, 2.24) is 0 Å². The van der Waals surface area contributed by atoms with Crippen LogP contribution in [0.2, 0.25) is 5.02 Å². The van der Waals surface area contributed by atoms with Crippen LogP contribution in [0.1, 0.15) is 10.8 Å². The second kappa shape index (κ2) is 7.33. The van der Waals surface area contributed by atoms with E-state index >= 15 is 0 Å². The summed E-state index contributed by atoms with van der Waals surface area (Å²) in [6.45, 7) is 0. The molecule has 0 heterocycles. The maximum atomic E-state index is 12.0. The monoisotopic (exact) mass is 418 g/mol. The van der Waals surface area contributed by atoms with Crippen LogP contribution in [0, 0.1) is 3.57 Å². The zero-order chi connectivity index (χ0) is 14.5. The van der Waals surface area contributed by atoms with Gasteiger partial charge in [0, 0.05) is 13.5 Å². The van der Waals surface area contributed by atoms with E-state index in [2.05, 4.69) is 22.6 Å². The third-order valence-electron chi connectivity index (χ3n) is 2.66. The van der Waals surface area contributed by atoms with Crippen molar-refractivity contribution in [3.8, 4) is 0 Å². The maximum Gasteiger partial charge on any atom is 0.323 e. The van der Waals surface area contributed by atoms with Gasteiger partial charge in [0.05, 0.1) is 7.11 Å². The lowest BCUT2D eigenvalue weighted by Crippen LogP contribution is -2.11. The minimum absolute atomic E-state index is 0.258. The number of methoxy groups -OCH3 is 1. The van der Waals surface area contributed by atoms with Crippen LogP contribution in [0.25, 0.3) is 0 Å². The van der Waals surface area contributed by atoms with Crippen molar-refractivity contribution in [2.75, 3.05) is 7.11 Å². The van der Waals surface area contributed by atoms with Crippen LogP contribution in [-0.4, -0.2) is 13.1 Å². The molecule has 2 rings (SSSR count). The van der Waals surface area contributed by atoms with Gasteiger partial charge in [-0.25, -0.2) is 0 Å². The van der Waals surface area contributed by atoms with Crippen LogP contribution in [0.5, 0.6) is 0 Å². The molecule has 0 bridgehead atoms. The Morgan fingerprint density at radius 1 is 1.15 bits per heavy atom. The van der Waals surface area contributed by atoms with Crippen molar-refractivity contribution < 1.29 is 9.53 Å². The molecule has 2 aromatic rings. The zero-order valence-electron chi connectivity index (χ0n) is 10.7. The Balaban J connectivity index is 2.26. The molecular weight excluding hydrogens is 407 g/mol. The molecule has 0 aliphatic rings. The molecule has 5 heteroatoms. The quantitative estimate of drug-likeness (QED) is 0.399. The van der Waals surface area contributed by atoms with E-state index in [0.717, 1.165) is 14.0 Å². The van der Waals surface area contributed by atoms with E-state index in [0.29, 0.717) is 5.02 Å². The van der Waals surface area contributed by atoms with Gasteiger partial charge in [-0.1, -0.05) is 23.7 Å². The number of carbonyl (C=O) groups is 1. The number of hydrogen-bond donors (Lipinski definition) is 0. The Morgan fingerprint density at radius 2 is 1.75 bits per heavy atom. The molecule has 1 unspecified atom stereocenters. The van der Waals surface area contributed by atoms with E-state index in [-0.39, 0.29) is 11.2 Å². The maximum absolute atomic E-state index is 12.0. The van der Waals surface area contributed by atoms with Crippen LogP contribution >= 0.6 is 46.0 Å². The first kappa shape index (κ1) is 15.7. The van der Waals surface area contributed by atoms with Crippen LogP contribution < -0.4 is 0 Å². The molecule has 0 saturated heterocycles. The first-order chi connectivity index (χ1) is 9.60. The predicted molar refractivity (Wildman–Crippen MR) is 91.2 cm³/mol. The average Bonchev–Trinajstić information content (AvgIpc) is 2.47. The van der Waals surface area contributed by atoms with E-state index < -0.39 is 0 Å². The highest BCUT2D eigenvalue weighted by atomic mass is 127. The Kier molecular flexibility index (Phi) is 5.74. The third kappa shape index (κ3) is 4.14. The molecule has 2 nitrogen and oxygen atoms in total. The standard InChI is InChI=1S/C15H12ClIO2S/c1-19-15(18)14(10-2-6-12(17)7-3-10)20-13-8-4-11(16)5-9-13/h2-9,14H,1H3. The Labute approximate surface area is 141 Å². The van der Waals surface area contributed by atoms with Gasteiger partial charge >= 0.3 is 5.97 Å². The fourth-order valence-electron chi connectivity index (χ4n) is 1.65. The Morgan fingerprint density at radius 3 is 2.30 bits per heavy atom. The topological polar surface area (TPSA) is 26.3 Å². The molecule has 104 valence electrons. The summed E-state index contributed by atoms with van der Waals surface area (Å²) in [7, 11) is 1.41. The summed E-state index contributed by atoms with van der Waals surface area (Å²) in [4.78, 5) is 13.0. The van der Waals surface area contributed by atoms with Crippen molar-refractivity contribution in [2.24, 2.45) is 0 Å². The highest BCUT2D eigenvalue weighted by Gasteiger charge is 2.22. The minimum Gasteiger partial charge on any atom is -0.468 e. The number of carbonyl (C=O) groups excluding carboxylic acids is 1. The van der Waals surface area contributed by atoms with E-state index in [1.807, 2.05) is 48.5 Å². The number of benzene rings is 2. The summed E-state index contributed by atoms with van der Waals surface area (Å²) >= 11 is 9.56. The highest BCUT2D eigenvalue weighted by Crippen LogP contribution is 2.36. The summed E-state index contributed by atoms with van der Waals surface area (Å²) in [5, 5.41) is 0.302. The van der Waals surface area contributed by atoms with Gasteiger partial charge in [0.15, 0.2) is 0 Å². The molecule has 2 aromatic carbocycles. The van der Waals surface area contributed by atoms with Gasteiger partial charge in [0.2, 0.25) is 0 Å². The Hall–Kier alpha value is -0.720. The highest BCUT2D eigenvalue weighted by molar-refractivity contribution is 14.1. The zero-order valence-corrected chi connectivity index (χ0v) is 14.4. The number of halogens is 2. The molecular formula is C15H12ClIO2S. The molecule has 1 atom stereocenters. The van der Waals surface area contributed by atoms with Crippen LogP contribution in [-0.2, 0) is 9.53 Å². The van der Waals surface area contributed by atoms with Crippen molar-refractivity contribution in [3.05, 3.63) is 62.7 Å². The van der Waals surface area contributed by atoms with E-state index in [9.17, 15) is 4.79 Å². The lowest BCUT2D eigenvalue weighted by molar-refractivity contribution is -0.140. The second-order valence-corrected chi connectivity index (χ2v) is 6.89. The summed E-state index contributed by atoms with van der Waals surface area (Å²) < 4.78 is 6.04. The first-order valence-electron chi connectivity index (χ1n) is 5.85. The third-order valence-corrected chi connectivity index (χ3v) is 4.87. The van der Waals surface area contributed by atoms with Crippen LogP contribution in [0.3, 0.4) is 0 Å². The van der Waals surface area contributed by atoms with E-state index in [4.69, 9.17) is 16.3 Å². The minimum atomic E-state index is -0.377. The molecule has 0 spiro atoms. The number of thioether (sulfide) groups is 1. The van der Waals surface area contributed by atoms with Crippen LogP contribution in [0.4, 0.5) is 0 Å². The molecule has 0 aliphatic carbocycles. The van der Waals surface area contributed by atoms with Crippen molar-refractivity contribution in [2.45, 2.75) is 10.1 Å². The lowest BCUT2D eigenvalue weighted by Gasteiger charge is -2.15. The fraction of sp³-hybridized carbons (Fsp3) is 0.133. The van der Waals surface area contributed by atoms with Gasteiger partial charge in [-0.15, -0.1) is 11.8 Å². The summed E-state index contributed by atoms with van der Waals surface area (Å²) in [6, 6.07) is 15.3. The Bertz CT molecular complexity index is 584. The molecule has 0 N–H and O–H groups in total. The molecule has 0 aliphatic heterocycles. The van der Waals surface area contributed by atoms with Crippen molar-refractivity contribution >= 4 is 51.9 Å². The molecule has 0 fully saturated rings. The van der Waals surface area contributed by atoms with Crippen molar-refractivity contribution in [3.63, 3.8) is 0 Å². The fourth-order valence-corrected chi connectivity index (χ4v) is 3.18. The summed E-state index contributed by atoms with van der Waals surface area (Å²) in [5.41, 5.74) is 0.928. The van der Waals surface area contributed by atoms with Gasteiger partial charge in [0.25, 0.3) is 0 Å². The number of esters is 1. The lowest BCUT2D eigenvalue weighted by atomic mass is 10.1. The van der Waals surface area contributed by atoms with Gasteiger partial charge in [0.1, 0.15) is 5.25 Å². The van der Waals surface area contributed by atoms with Crippen molar-refractivity contribution in [1.29, 1.82) is 0 Å². The molecule has 0 amide bonds. The summed E-state index contributed by atoms with van der Waals surface area (Å²) in [6.07, 6.45) is 0. The summed E-state index contributed by atoms with van der Waals surface area (Å²) in [5.74, 6) is -0.258. The van der Waals surface area contributed by atoms with Gasteiger partial charge in [-0.3, -0.25) is 4.79 Å². The number of ether oxygens (including phenoxy) is 1. The van der Waals surface area contributed by atoms with Gasteiger partial charge in [-0.2, -0.15) is 0 Å². The second-order valence-electron chi connectivity index (χ2n) is 4.03. The largest absolute Gasteiger partial charge is 0.468 e.